The number of methoxy groups -OCH3 is 1. The first-order chi connectivity index (χ1) is 13.0. The number of ether oxygens (including phenoxy) is 1. The van der Waals surface area contributed by atoms with E-state index in [1.165, 1.54) is 7.11 Å². The van der Waals surface area contributed by atoms with E-state index in [4.69, 9.17) is 4.74 Å². The van der Waals surface area contributed by atoms with Crippen molar-refractivity contribution in [2.75, 3.05) is 20.2 Å². The molecule has 27 heavy (non-hydrogen) atoms. The van der Waals surface area contributed by atoms with Crippen molar-refractivity contribution in [2.45, 2.75) is 26.2 Å². The zero-order valence-electron chi connectivity index (χ0n) is 15.8. The molecule has 0 radical (unpaired) electrons. The van der Waals surface area contributed by atoms with E-state index in [1.54, 1.807) is 23.1 Å². The van der Waals surface area contributed by atoms with E-state index in [-0.39, 0.29) is 12.5 Å². The highest BCUT2D eigenvalue weighted by Gasteiger charge is 2.44. The molecule has 1 aliphatic rings. The number of likely N-dealkylation sites (tertiary alicyclic amines) is 1. The van der Waals surface area contributed by atoms with Crippen LogP contribution in [0, 0.1) is 12.3 Å². The minimum Gasteiger partial charge on any atom is -0.496 e. The average Bonchev–Trinajstić information content (AvgIpc) is 2.69. The molecule has 142 valence electrons. The van der Waals surface area contributed by atoms with Gasteiger partial charge in [-0.1, -0.05) is 36.4 Å². The summed E-state index contributed by atoms with van der Waals surface area (Å²) >= 11 is 0. The monoisotopic (exact) mass is 367 g/mol. The fraction of sp³-hybridized carbons (Fsp3) is 0.364. The molecule has 2 aromatic carbocycles. The molecular formula is C22H25NO4. The molecule has 5 heteroatoms. The Morgan fingerprint density at radius 3 is 2.56 bits per heavy atom. The van der Waals surface area contributed by atoms with E-state index >= 15 is 0 Å². The lowest BCUT2D eigenvalue weighted by atomic mass is 9.74. The second-order valence-corrected chi connectivity index (χ2v) is 7.22. The number of carboxylic acid groups (broad SMARTS) is 1. The van der Waals surface area contributed by atoms with Gasteiger partial charge in [-0.15, -0.1) is 0 Å². The first-order valence-electron chi connectivity index (χ1n) is 9.17. The lowest BCUT2D eigenvalue weighted by Gasteiger charge is -2.40. The Labute approximate surface area is 159 Å². The minimum absolute atomic E-state index is 0.178. The highest BCUT2D eigenvalue weighted by atomic mass is 16.5. The summed E-state index contributed by atoms with van der Waals surface area (Å²) in [5, 5.41) is 10.0. The predicted molar refractivity (Wildman–Crippen MR) is 103 cm³/mol. The predicted octanol–water partition coefficient (Wildman–Crippen LogP) is 3.55. The van der Waals surface area contributed by atoms with Gasteiger partial charge in [0.15, 0.2) is 0 Å². The van der Waals surface area contributed by atoms with Crippen LogP contribution in [0.25, 0.3) is 0 Å². The van der Waals surface area contributed by atoms with Gasteiger partial charge >= 0.3 is 5.97 Å². The smallest absolute Gasteiger partial charge is 0.311 e. The van der Waals surface area contributed by atoms with Crippen LogP contribution in [0.1, 0.15) is 34.3 Å². The van der Waals surface area contributed by atoms with Gasteiger partial charge in [-0.3, -0.25) is 9.59 Å². The number of aryl methyl sites for hydroxylation is 1. The van der Waals surface area contributed by atoms with Crippen LogP contribution in [0.2, 0.25) is 0 Å². The van der Waals surface area contributed by atoms with E-state index in [1.807, 2.05) is 37.3 Å². The SMILES string of the molecule is COc1ccccc1C(=O)N1CCC[C@@](Cc2ccccc2C)(C(=O)O)C1. The highest BCUT2D eigenvalue weighted by molar-refractivity contribution is 5.97. The second-order valence-electron chi connectivity index (χ2n) is 7.22. The second kappa shape index (κ2) is 7.82. The fourth-order valence-electron chi connectivity index (χ4n) is 3.86. The topological polar surface area (TPSA) is 66.8 Å². The van der Waals surface area contributed by atoms with Crippen LogP contribution < -0.4 is 4.74 Å². The number of hydrogen-bond acceptors (Lipinski definition) is 3. The molecule has 2 aromatic rings. The molecule has 1 N–H and O–H groups in total. The summed E-state index contributed by atoms with van der Waals surface area (Å²) in [4.78, 5) is 27.0. The molecule has 1 amide bonds. The minimum atomic E-state index is -0.970. The summed E-state index contributed by atoms with van der Waals surface area (Å²) in [5.41, 5.74) is 1.59. The number of nitrogens with zero attached hydrogens (tertiary/aromatic N) is 1. The number of carbonyl (C=O) groups is 2. The number of piperidine rings is 1. The number of hydrogen-bond donors (Lipinski definition) is 1. The Balaban J connectivity index is 1.89. The Bertz CT molecular complexity index is 848. The van der Waals surface area contributed by atoms with Crippen molar-refractivity contribution in [3.63, 3.8) is 0 Å². The van der Waals surface area contributed by atoms with E-state index in [0.29, 0.717) is 37.1 Å². The van der Waals surface area contributed by atoms with Crippen LogP contribution in [0.15, 0.2) is 48.5 Å². The fourth-order valence-corrected chi connectivity index (χ4v) is 3.86. The number of benzene rings is 2. The van der Waals surface area contributed by atoms with Crippen molar-refractivity contribution < 1.29 is 19.4 Å². The molecule has 1 fully saturated rings. The van der Waals surface area contributed by atoms with Gasteiger partial charge in [0, 0.05) is 13.1 Å². The Kier molecular flexibility index (Phi) is 5.49. The molecule has 1 saturated heterocycles. The van der Waals surface area contributed by atoms with Gasteiger partial charge in [0.25, 0.3) is 5.91 Å². The number of para-hydroxylation sites is 1. The lowest BCUT2D eigenvalue weighted by molar-refractivity contribution is -0.151. The van der Waals surface area contributed by atoms with Crippen LogP contribution >= 0.6 is 0 Å². The average molecular weight is 367 g/mol. The van der Waals surface area contributed by atoms with Crippen LogP contribution in [-0.2, 0) is 11.2 Å². The van der Waals surface area contributed by atoms with Crippen molar-refractivity contribution in [1.82, 2.24) is 4.90 Å². The van der Waals surface area contributed by atoms with Crippen LogP contribution in [0.3, 0.4) is 0 Å². The third-order valence-corrected chi connectivity index (χ3v) is 5.45. The summed E-state index contributed by atoms with van der Waals surface area (Å²) in [6, 6.07) is 14.9. The van der Waals surface area contributed by atoms with Gasteiger partial charge in [-0.05, 0) is 49.4 Å². The summed E-state index contributed by atoms with van der Waals surface area (Å²) in [5.74, 6) is -0.515. The Hall–Kier alpha value is -2.82. The molecule has 1 atom stereocenters. The maximum Gasteiger partial charge on any atom is 0.311 e. The van der Waals surface area contributed by atoms with Crippen LogP contribution in [0.5, 0.6) is 5.75 Å². The summed E-state index contributed by atoms with van der Waals surface area (Å²) in [7, 11) is 1.53. The van der Waals surface area contributed by atoms with Gasteiger partial charge in [-0.25, -0.2) is 0 Å². The van der Waals surface area contributed by atoms with Gasteiger partial charge in [-0.2, -0.15) is 0 Å². The summed E-state index contributed by atoms with van der Waals surface area (Å²) in [6.07, 6.45) is 1.65. The van der Waals surface area contributed by atoms with Crippen molar-refractivity contribution in [2.24, 2.45) is 5.41 Å². The largest absolute Gasteiger partial charge is 0.496 e. The van der Waals surface area contributed by atoms with Crippen molar-refractivity contribution >= 4 is 11.9 Å². The van der Waals surface area contributed by atoms with E-state index in [2.05, 4.69) is 0 Å². The van der Waals surface area contributed by atoms with Crippen molar-refractivity contribution in [3.8, 4) is 5.75 Å². The van der Waals surface area contributed by atoms with Crippen LogP contribution in [0.4, 0.5) is 0 Å². The van der Waals surface area contributed by atoms with Gasteiger partial charge in [0.05, 0.1) is 18.1 Å². The molecule has 0 bridgehead atoms. The summed E-state index contributed by atoms with van der Waals surface area (Å²) in [6.45, 7) is 2.75. The number of amides is 1. The number of rotatable bonds is 5. The number of aliphatic carboxylic acids is 1. The van der Waals surface area contributed by atoms with Gasteiger partial charge in [0.1, 0.15) is 5.75 Å². The molecule has 0 spiro atoms. The maximum absolute atomic E-state index is 13.1. The molecule has 0 aliphatic carbocycles. The third-order valence-electron chi connectivity index (χ3n) is 5.45. The van der Waals surface area contributed by atoms with Crippen LogP contribution in [-0.4, -0.2) is 42.1 Å². The molecule has 5 nitrogen and oxygen atoms in total. The lowest BCUT2D eigenvalue weighted by Crippen LogP contribution is -2.51. The first kappa shape index (κ1) is 19.0. The zero-order valence-corrected chi connectivity index (χ0v) is 15.8. The van der Waals surface area contributed by atoms with E-state index < -0.39 is 11.4 Å². The molecular weight excluding hydrogens is 342 g/mol. The molecule has 1 heterocycles. The van der Waals surface area contributed by atoms with Gasteiger partial charge in [0.2, 0.25) is 0 Å². The standard InChI is InChI=1S/C22H25NO4/c1-16-8-3-4-9-17(16)14-22(21(25)26)12-7-13-23(15-22)20(24)18-10-5-6-11-19(18)27-2/h3-6,8-11H,7,12-15H2,1-2H3,(H,25,26)/t22-/m0/s1. The quantitative estimate of drug-likeness (QED) is 0.878. The normalized spacial score (nSPS) is 19.6. The third kappa shape index (κ3) is 3.82. The summed E-state index contributed by atoms with van der Waals surface area (Å²) < 4.78 is 5.30. The van der Waals surface area contributed by atoms with Crippen molar-refractivity contribution in [1.29, 1.82) is 0 Å². The Morgan fingerprint density at radius 1 is 1.15 bits per heavy atom. The number of carboxylic acids is 1. The van der Waals surface area contributed by atoms with Crippen molar-refractivity contribution in [3.05, 3.63) is 65.2 Å². The first-order valence-corrected chi connectivity index (χ1v) is 9.17. The molecule has 0 aromatic heterocycles. The zero-order chi connectivity index (χ0) is 19.4. The molecule has 0 saturated carbocycles. The molecule has 1 aliphatic heterocycles. The highest BCUT2D eigenvalue weighted by Crippen LogP contribution is 2.36. The van der Waals surface area contributed by atoms with Gasteiger partial charge < -0.3 is 14.7 Å². The molecule has 3 rings (SSSR count). The van der Waals surface area contributed by atoms with E-state index in [0.717, 1.165) is 11.1 Å². The Morgan fingerprint density at radius 2 is 1.85 bits per heavy atom. The number of carbonyl (C=O) groups excluding carboxylic acids is 1. The maximum atomic E-state index is 13.1. The molecule has 0 unspecified atom stereocenters. The van der Waals surface area contributed by atoms with E-state index in [9.17, 15) is 14.7 Å².